The third-order valence-electron chi connectivity index (χ3n) is 5.00. The molecule has 0 unspecified atom stereocenters. The van der Waals surface area contributed by atoms with Gasteiger partial charge >= 0.3 is 0 Å². The lowest BCUT2D eigenvalue weighted by Gasteiger charge is -2.03. The van der Waals surface area contributed by atoms with Crippen LogP contribution in [0, 0.1) is 10.8 Å². The van der Waals surface area contributed by atoms with Crippen LogP contribution in [0.4, 0.5) is 0 Å². The third kappa shape index (κ3) is 1.46. The van der Waals surface area contributed by atoms with Crippen molar-refractivity contribution in [2.75, 3.05) is 13.2 Å². The molecule has 0 aromatic carbocycles. The Kier molecular flexibility index (Phi) is 2.18. The number of ether oxygens (including phenoxy) is 1. The first kappa shape index (κ1) is 11.2. The molecule has 0 spiro atoms. The summed E-state index contributed by atoms with van der Waals surface area (Å²) in [6.45, 7) is 10.6. The quantitative estimate of drug-likeness (QED) is 0.792. The average Bonchev–Trinajstić information content (AvgIpc) is 2.75. The first-order chi connectivity index (χ1) is 7.94. The van der Waals surface area contributed by atoms with E-state index in [0.29, 0.717) is 11.8 Å². The molecule has 1 atom stereocenters. The van der Waals surface area contributed by atoms with Crippen LogP contribution in [-0.2, 0) is 4.74 Å². The molecule has 1 aromatic rings. The second-order valence-electron chi connectivity index (χ2n) is 6.42. The Morgan fingerprint density at radius 1 is 1.06 bits per heavy atom. The molecule has 0 amide bonds. The number of rotatable bonds is 2. The first-order valence-corrected chi connectivity index (χ1v) is 6.35. The Morgan fingerprint density at radius 2 is 1.71 bits per heavy atom. The molecular formula is C13H20N2O2. The molecule has 2 heterocycles. The van der Waals surface area contributed by atoms with Crippen LogP contribution in [0.3, 0.4) is 0 Å². The van der Waals surface area contributed by atoms with E-state index in [1.165, 1.54) is 0 Å². The topological polar surface area (TPSA) is 48.2 Å². The van der Waals surface area contributed by atoms with Gasteiger partial charge in [-0.1, -0.05) is 27.7 Å². The van der Waals surface area contributed by atoms with E-state index in [0.717, 1.165) is 31.4 Å². The van der Waals surface area contributed by atoms with Gasteiger partial charge in [-0.2, -0.15) is 0 Å². The van der Waals surface area contributed by atoms with Crippen LogP contribution >= 0.6 is 0 Å². The smallest absolute Gasteiger partial charge is 0.222 e. The van der Waals surface area contributed by atoms with Gasteiger partial charge in [0.1, 0.15) is 0 Å². The van der Waals surface area contributed by atoms with Crippen molar-refractivity contribution < 1.29 is 9.15 Å². The van der Waals surface area contributed by atoms with Crippen LogP contribution in [0.25, 0.3) is 0 Å². The monoisotopic (exact) mass is 236 g/mol. The molecule has 0 N–H and O–H groups in total. The summed E-state index contributed by atoms with van der Waals surface area (Å²) in [5, 5.41) is 8.44. The van der Waals surface area contributed by atoms with E-state index in [9.17, 15) is 0 Å². The van der Waals surface area contributed by atoms with Crippen LogP contribution in [0.15, 0.2) is 4.42 Å². The molecule has 4 nitrogen and oxygen atoms in total. The van der Waals surface area contributed by atoms with Crippen molar-refractivity contribution in [3.05, 3.63) is 11.8 Å². The number of aromatic nitrogens is 2. The SMILES string of the molecule is CC1(C)C(c2nnc([C@H]3CCOC3)o2)C1(C)C. The van der Waals surface area contributed by atoms with E-state index in [2.05, 4.69) is 37.9 Å². The molecular weight excluding hydrogens is 216 g/mol. The van der Waals surface area contributed by atoms with Crippen molar-refractivity contribution in [2.24, 2.45) is 10.8 Å². The summed E-state index contributed by atoms with van der Waals surface area (Å²) in [6, 6.07) is 0. The molecule has 1 saturated carbocycles. The molecule has 4 heteroatoms. The van der Waals surface area contributed by atoms with Crippen molar-refractivity contribution in [1.29, 1.82) is 0 Å². The molecule has 1 saturated heterocycles. The summed E-state index contributed by atoms with van der Waals surface area (Å²) in [5.74, 6) is 2.26. The van der Waals surface area contributed by atoms with Gasteiger partial charge in [0.2, 0.25) is 11.8 Å². The fourth-order valence-electron chi connectivity index (χ4n) is 3.07. The molecule has 2 aliphatic rings. The minimum absolute atomic E-state index is 0.253. The van der Waals surface area contributed by atoms with E-state index < -0.39 is 0 Å². The van der Waals surface area contributed by atoms with E-state index >= 15 is 0 Å². The van der Waals surface area contributed by atoms with Crippen molar-refractivity contribution in [1.82, 2.24) is 10.2 Å². The maximum atomic E-state index is 5.86. The highest BCUT2D eigenvalue weighted by atomic mass is 16.5. The summed E-state index contributed by atoms with van der Waals surface area (Å²) in [4.78, 5) is 0. The minimum atomic E-state index is 0.253. The number of hydrogen-bond donors (Lipinski definition) is 0. The van der Waals surface area contributed by atoms with E-state index in [1.54, 1.807) is 0 Å². The maximum absolute atomic E-state index is 5.86. The Labute approximate surface area is 102 Å². The Morgan fingerprint density at radius 3 is 2.24 bits per heavy atom. The van der Waals surface area contributed by atoms with E-state index in [1.807, 2.05) is 0 Å². The van der Waals surface area contributed by atoms with Gasteiger partial charge in [0.05, 0.1) is 12.5 Å². The molecule has 1 aliphatic heterocycles. The van der Waals surface area contributed by atoms with Gasteiger partial charge in [0.25, 0.3) is 0 Å². The largest absolute Gasteiger partial charge is 0.425 e. The minimum Gasteiger partial charge on any atom is -0.425 e. The Hall–Kier alpha value is -0.900. The molecule has 0 bridgehead atoms. The maximum Gasteiger partial charge on any atom is 0.222 e. The Bertz CT molecular complexity index is 416. The summed E-state index contributed by atoms with van der Waals surface area (Å²) in [6.07, 6.45) is 0.999. The fourth-order valence-corrected chi connectivity index (χ4v) is 3.07. The molecule has 3 rings (SSSR count). The highest BCUT2D eigenvalue weighted by Gasteiger charge is 2.67. The summed E-state index contributed by atoms with van der Waals surface area (Å²) in [5.41, 5.74) is 0.506. The molecule has 17 heavy (non-hydrogen) atoms. The van der Waals surface area contributed by atoms with Crippen LogP contribution < -0.4 is 0 Å². The van der Waals surface area contributed by atoms with Crippen molar-refractivity contribution in [2.45, 2.75) is 46.0 Å². The number of nitrogens with zero attached hydrogens (tertiary/aromatic N) is 2. The predicted octanol–water partition coefficient (Wildman–Crippen LogP) is 2.72. The second kappa shape index (κ2) is 3.31. The van der Waals surface area contributed by atoms with Crippen LogP contribution in [0.5, 0.6) is 0 Å². The third-order valence-corrected chi connectivity index (χ3v) is 5.00. The predicted molar refractivity (Wildman–Crippen MR) is 62.8 cm³/mol. The van der Waals surface area contributed by atoms with Gasteiger partial charge in [-0.05, 0) is 17.3 Å². The van der Waals surface area contributed by atoms with Crippen molar-refractivity contribution >= 4 is 0 Å². The Balaban J connectivity index is 1.82. The number of hydrogen-bond acceptors (Lipinski definition) is 4. The van der Waals surface area contributed by atoms with Gasteiger partial charge in [-0.3, -0.25) is 0 Å². The molecule has 94 valence electrons. The van der Waals surface area contributed by atoms with Gasteiger partial charge in [-0.25, -0.2) is 0 Å². The van der Waals surface area contributed by atoms with Crippen LogP contribution in [-0.4, -0.2) is 23.4 Å². The summed E-state index contributed by atoms with van der Waals surface area (Å²) in [7, 11) is 0. The molecule has 0 radical (unpaired) electrons. The van der Waals surface area contributed by atoms with Crippen LogP contribution in [0.1, 0.15) is 57.7 Å². The lowest BCUT2D eigenvalue weighted by Crippen LogP contribution is -1.97. The fraction of sp³-hybridized carbons (Fsp3) is 0.846. The zero-order chi connectivity index (χ0) is 12.3. The first-order valence-electron chi connectivity index (χ1n) is 6.35. The van der Waals surface area contributed by atoms with Crippen molar-refractivity contribution in [3.63, 3.8) is 0 Å². The van der Waals surface area contributed by atoms with Crippen molar-refractivity contribution in [3.8, 4) is 0 Å². The lowest BCUT2D eigenvalue weighted by molar-refractivity contribution is 0.190. The lowest BCUT2D eigenvalue weighted by atomic mass is 10.0. The molecule has 2 fully saturated rings. The zero-order valence-electron chi connectivity index (χ0n) is 11.0. The average molecular weight is 236 g/mol. The highest BCUT2D eigenvalue weighted by Crippen LogP contribution is 2.73. The summed E-state index contributed by atoms with van der Waals surface area (Å²) >= 11 is 0. The normalized spacial score (nSPS) is 30.7. The van der Waals surface area contributed by atoms with Gasteiger partial charge in [0.15, 0.2) is 0 Å². The standard InChI is InChI=1S/C13H20N2O2/c1-12(2)9(13(12,3)4)11-15-14-10(17-11)8-5-6-16-7-8/h8-9H,5-7H2,1-4H3/t8-/m0/s1. The van der Waals surface area contributed by atoms with Gasteiger partial charge in [-0.15, -0.1) is 10.2 Å². The second-order valence-corrected chi connectivity index (χ2v) is 6.42. The highest BCUT2D eigenvalue weighted by molar-refractivity contribution is 5.24. The van der Waals surface area contributed by atoms with Gasteiger partial charge < -0.3 is 9.15 Å². The van der Waals surface area contributed by atoms with Crippen LogP contribution in [0.2, 0.25) is 0 Å². The summed E-state index contributed by atoms with van der Waals surface area (Å²) < 4.78 is 11.2. The molecule has 1 aliphatic carbocycles. The van der Waals surface area contributed by atoms with E-state index in [-0.39, 0.29) is 10.8 Å². The van der Waals surface area contributed by atoms with E-state index in [4.69, 9.17) is 9.15 Å². The zero-order valence-corrected chi connectivity index (χ0v) is 11.0. The van der Waals surface area contributed by atoms with Gasteiger partial charge in [0, 0.05) is 12.5 Å². The molecule has 1 aromatic heterocycles.